The van der Waals surface area contributed by atoms with Crippen molar-refractivity contribution < 1.29 is 15.0 Å². The maximum atomic E-state index is 11.0. The van der Waals surface area contributed by atoms with Gasteiger partial charge in [0, 0.05) is 10.6 Å². The molecule has 0 amide bonds. The smallest absolute Gasteiger partial charge is 0.336 e. The summed E-state index contributed by atoms with van der Waals surface area (Å²) in [6.07, 6.45) is 0.227. The monoisotopic (exact) mass is 224 g/mol. The lowest BCUT2D eigenvalue weighted by atomic mass is 10.00. The summed E-state index contributed by atoms with van der Waals surface area (Å²) in [5.41, 5.74) is 2.03. The molecule has 0 spiro atoms. The van der Waals surface area contributed by atoms with Crippen LogP contribution in [0.1, 0.15) is 34.5 Å². The highest BCUT2D eigenvalue weighted by Crippen LogP contribution is 2.39. The number of carboxylic acid groups (broad SMARTS) is 1. The fourth-order valence-corrected chi connectivity index (χ4v) is 2.86. The number of aliphatic hydroxyl groups excluding tert-OH is 1. The Morgan fingerprint density at radius 1 is 1.60 bits per heavy atom. The number of carbonyl (C=O) groups is 1. The number of fused-ring (bicyclic) bond motifs is 1. The van der Waals surface area contributed by atoms with Crippen molar-refractivity contribution in [3.63, 3.8) is 0 Å². The van der Waals surface area contributed by atoms with Crippen LogP contribution in [-0.2, 0) is 6.42 Å². The van der Waals surface area contributed by atoms with Crippen molar-refractivity contribution in [2.45, 2.75) is 24.3 Å². The molecule has 0 saturated heterocycles. The molecule has 15 heavy (non-hydrogen) atoms. The predicted molar refractivity (Wildman–Crippen MR) is 58.5 cm³/mol. The number of aromatic carboxylic acids is 1. The molecule has 1 atom stereocenters. The Balaban J connectivity index is 2.56. The van der Waals surface area contributed by atoms with E-state index in [4.69, 9.17) is 5.11 Å². The number of carboxylic acids is 1. The molecule has 1 aliphatic rings. The molecule has 3 nitrogen and oxygen atoms in total. The lowest BCUT2D eigenvalue weighted by Crippen LogP contribution is -2.04. The van der Waals surface area contributed by atoms with E-state index in [0.717, 1.165) is 16.0 Å². The lowest BCUT2D eigenvalue weighted by Gasteiger charge is -2.08. The van der Waals surface area contributed by atoms with Gasteiger partial charge in [0.25, 0.3) is 0 Å². The van der Waals surface area contributed by atoms with E-state index in [9.17, 15) is 9.90 Å². The first-order chi connectivity index (χ1) is 7.13. The van der Waals surface area contributed by atoms with Gasteiger partial charge in [-0.3, -0.25) is 0 Å². The van der Waals surface area contributed by atoms with Crippen molar-refractivity contribution in [3.05, 3.63) is 28.8 Å². The van der Waals surface area contributed by atoms with Crippen LogP contribution in [0.4, 0.5) is 0 Å². The molecule has 2 N–H and O–H groups in total. The minimum absolute atomic E-state index is 0.359. The molecule has 1 aromatic rings. The van der Waals surface area contributed by atoms with Gasteiger partial charge in [-0.2, -0.15) is 0 Å². The first kappa shape index (κ1) is 10.5. The normalized spacial score (nSPS) is 18.9. The van der Waals surface area contributed by atoms with Crippen LogP contribution in [0, 0.1) is 0 Å². The molecule has 1 aliphatic heterocycles. The van der Waals surface area contributed by atoms with E-state index in [0.29, 0.717) is 17.7 Å². The molecule has 1 heterocycles. The second kappa shape index (κ2) is 3.87. The molecular formula is C11H12O3S. The van der Waals surface area contributed by atoms with Gasteiger partial charge < -0.3 is 10.2 Å². The van der Waals surface area contributed by atoms with Crippen LogP contribution in [0.15, 0.2) is 17.0 Å². The molecule has 4 heteroatoms. The first-order valence-electron chi connectivity index (χ1n) is 4.84. The second-order valence-electron chi connectivity index (χ2n) is 3.53. The van der Waals surface area contributed by atoms with Gasteiger partial charge in [-0.25, -0.2) is 4.79 Å². The Morgan fingerprint density at radius 3 is 2.93 bits per heavy atom. The van der Waals surface area contributed by atoms with E-state index in [1.54, 1.807) is 6.07 Å². The van der Waals surface area contributed by atoms with Crippen molar-refractivity contribution in [1.82, 2.24) is 0 Å². The van der Waals surface area contributed by atoms with Crippen LogP contribution in [-0.4, -0.2) is 21.9 Å². The number of hydrogen-bond donors (Lipinski definition) is 2. The number of hydrogen-bond acceptors (Lipinski definition) is 3. The van der Waals surface area contributed by atoms with Crippen molar-refractivity contribution in [2.75, 3.05) is 5.75 Å². The topological polar surface area (TPSA) is 57.5 Å². The average Bonchev–Trinajstić information content (AvgIpc) is 2.58. The number of aliphatic hydroxyl groups is 1. The summed E-state index contributed by atoms with van der Waals surface area (Å²) in [6.45, 7) is 1.92. The van der Waals surface area contributed by atoms with Gasteiger partial charge in [0.1, 0.15) is 0 Å². The molecule has 0 aliphatic carbocycles. The van der Waals surface area contributed by atoms with Crippen LogP contribution < -0.4 is 0 Å². The predicted octanol–water partition coefficient (Wildman–Crippen LogP) is 2.09. The summed E-state index contributed by atoms with van der Waals surface area (Å²) in [5.74, 6) is -0.265. The summed E-state index contributed by atoms with van der Waals surface area (Å²) < 4.78 is 0. The Labute approximate surface area is 92.1 Å². The summed E-state index contributed by atoms with van der Waals surface area (Å²) in [7, 11) is 0. The Bertz CT molecular complexity index is 415. The van der Waals surface area contributed by atoms with E-state index in [1.807, 2.05) is 13.0 Å². The van der Waals surface area contributed by atoms with E-state index in [1.165, 1.54) is 11.8 Å². The molecule has 1 unspecified atom stereocenters. The van der Waals surface area contributed by atoms with Gasteiger partial charge >= 0.3 is 5.97 Å². The van der Waals surface area contributed by atoms with Gasteiger partial charge in [0.05, 0.1) is 11.7 Å². The summed E-state index contributed by atoms with van der Waals surface area (Å²) in [5, 5.41) is 18.7. The fourth-order valence-electron chi connectivity index (χ4n) is 1.78. The molecule has 2 rings (SSSR count). The second-order valence-corrected chi connectivity index (χ2v) is 4.59. The number of aryl methyl sites for hydroxylation is 1. The van der Waals surface area contributed by atoms with Gasteiger partial charge in [-0.1, -0.05) is 13.0 Å². The Morgan fingerprint density at radius 2 is 2.33 bits per heavy atom. The van der Waals surface area contributed by atoms with Crippen molar-refractivity contribution in [3.8, 4) is 0 Å². The largest absolute Gasteiger partial charge is 0.478 e. The van der Waals surface area contributed by atoms with E-state index < -0.39 is 12.1 Å². The van der Waals surface area contributed by atoms with Gasteiger partial charge in [0.2, 0.25) is 0 Å². The lowest BCUT2D eigenvalue weighted by molar-refractivity contribution is 0.0695. The SMILES string of the molecule is CCc1cc2c(cc1C(=O)O)SCC2O. The highest BCUT2D eigenvalue weighted by Gasteiger charge is 2.24. The molecular weight excluding hydrogens is 212 g/mol. The molecule has 0 saturated carbocycles. The third-order valence-electron chi connectivity index (χ3n) is 2.60. The third kappa shape index (κ3) is 1.75. The van der Waals surface area contributed by atoms with Crippen molar-refractivity contribution in [1.29, 1.82) is 0 Å². The number of thioether (sulfide) groups is 1. The third-order valence-corrected chi connectivity index (χ3v) is 3.75. The molecule has 0 aromatic heterocycles. The van der Waals surface area contributed by atoms with Crippen molar-refractivity contribution in [2.24, 2.45) is 0 Å². The quantitative estimate of drug-likeness (QED) is 0.807. The molecule has 0 radical (unpaired) electrons. The van der Waals surface area contributed by atoms with Gasteiger partial charge in [-0.15, -0.1) is 11.8 Å². The minimum Gasteiger partial charge on any atom is -0.478 e. The van der Waals surface area contributed by atoms with Crippen molar-refractivity contribution >= 4 is 17.7 Å². The first-order valence-corrected chi connectivity index (χ1v) is 5.83. The summed E-state index contributed by atoms with van der Waals surface area (Å²) >= 11 is 1.51. The van der Waals surface area contributed by atoms with E-state index in [-0.39, 0.29) is 0 Å². The minimum atomic E-state index is -0.892. The number of benzene rings is 1. The van der Waals surface area contributed by atoms with E-state index >= 15 is 0 Å². The maximum absolute atomic E-state index is 11.0. The van der Waals surface area contributed by atoms with Gasteiger partial charge in [-0.05, 0) is 23.6 Å². The number of rotatable bonds is 2. The molecule has 0 fully saturated rings. The molecule has 0 bridgehead atoms. The van der Waals surface area contributed by atoms with Crippen LogP contribution in [0.2, 0.25) is 0 Å². The molecule has 80 valence electrons. The van der Waals surface area contributed by atoms with Crippen LogP contribution in [0.5, 0.6) is 0 Å². The van der Waals surface area contributed by atoms with Crippen LogP contribution in [0.25, 0.3) is 0 Å². The average molecular weight is 224 g/mol. The zero-order valence-electron chi connectivity index (χ0n) is 8.36. The van der Waals surface area contributed by atoms with Crippen LogP contribution in [0.3, 0.4) is 0 Å². The standard InChI is InChI=1S/C11H12O3S/c1-2-6-3-8-9(12)5-15-10(8)4-7(6)11(13)14/h3-4,9,12H,2,5H2,1H3,(H,13,14). The van der Waals surface area contributed by atoms with Gasteiger partial charge in [0.15, 0.2) is 0 Å². The summed E-state index contributed by atoms with van der Waals surface area (Å²) in [6, 6.07) is 3.50. The fraction of sp³-hybridized carbons (Fsp3) is 0.364. The Kier molecular flexibility index (Phi) is 2.71. The highest BCUT2D eigenvalue weighted by molar-refractivity contribution is 7.99. The highest BCUT2D eigenvalue weighted by atomic mass is 32.2. The van der Waals surface area contributed by atoms with Crippen LogP contribution >= 0.6 is 11.8 Å². The summed E-state index contributed by atoms with van der Waals surface area (Å²) in [4.78, 5) is 11.9. The zero-order chi connectivity index (χ0) is 11.0. The zero-order valence-corrected chi connectivity index (χ0v) is 9.17. The maximum Gasteiger partial charge on any atom is 0.336 e. The Hall–Kier alpha value is -1.00. The van der Waals surface area contributed by atoms with E-state index in [2.05, 4.69) is 0 Å². The molecule has 1 aromatic carbocycles.